The topological polar surface area (TPSA) is 132 Å². The number of amides is 1. The summed E-state index contributed by atoms with van der Waals surface area (Å²) < 4.78 is 33.4. The minimum absolute atomic E-state index is 0.0202. The second kappa shape index (κ2) is 16.4. The van der Waals surface area contributed by atoms with E-state index in [0.29, 0.717) is 32.0 Å². The largest absolute Gasteiger partial charge is 0.493 e. The molecule has 1 aromatic carbocycles. The SMILES string of the molecule is CCOCC(=O)OCOc1c(OC)ccnc1C(=O)NC1CCC[C@H](Cc2ccc(C)cc2)[C@@H](OCC2CC2)[C@H](C)OC1=O. The monoisotopic (exact) mass is 612 g/mol. The van der Waals surface area contributed by atoms with Gasteiger partial charge in [0.2, 0.25) is 6.79 Å². The predicted molar refractivity (Wildman–Crippen MR) is 160 cm³/mol. The third-order valence-corrected chi connectivity index (χ3v) is 7.88. The van der Waals surface area contributed by atoms with E-state index in [0.717, 1.165) is 25.7 Å². The van der Waals surface area contributed by atoms with E-state index in [-0.39, 0.29) is 35.8 Å². The fraction of sp³-hybridized carbons (Fsp3) is 0.576. The Hall–Kier alpha value is -3.70. The third-order valence-electron chi connectivity index (χ3n) is 7.88. The molecule has 4 rings (SSSR count). The number of benzene rings is 1. The average Bonchev–Trinajstić information content (AvgIpc) is 3.84. The molecule has 2 aromatic rings. The van der Waals surface area contributed by atoms with Crippen LogP contribution in [-0.4, -0.2) is 74.8 Å². The lowest BCUT2D eigenvalue weighted by atomic mass is 9.86. The number of aromatic nitrogens is 1. The molecule has 2 aliphatic rings. The summed E-state index contributed by atoms with van der Waals surface area (Å²) in [6, 6.07) is 9.10. The molecule has 0 spiro atoms. The molecule has 1 amide bonds. The maximum Gasteiger partial charge on any atom is 0.334 e. The van der Waals surface area contributed by atoms with Crippen LogP contribution >= 0.6 is 0 Å². The molecule has 1 unspecified atom stereocenters. The number of carbonyl (C=O) groups excluding carboxylic acids is 3. The molecule has 1 aliphatic carbocycles. The smallest absolute Gasteiger partial charge is 0.334 e. The van der Waals surface area contributed by atoms with Gasteiger partial charge < -0.3 is 33.7 Å². The van der Waals surface area contributed by atoms with E-state index in [2.05, 4.69) is 41.5 Å². The van der Waals surface area contributed by atoms with Crippen LogP contribution in [0.4, 0.5) is 0 Å². The summed E-state index contributed by atoms with van der Waals surface area (Å²) in [5.41, 5.74) is 2.30. The molecule has 44 heavy (non-hydrogen) atoms. The first kappa shape index (κ1) is 33.2. The number of hydrogen-bond acceptors (Lipinski definition) is 10. The van der Waals surface area contributed by atoms with Crippen LogP contribution in [0.5, 0.6) is 11.5 Å². The van der Waals surface area contributed by atoms with Gasteiger partial charge in [0, 0.05) is 25.5 Å². The molecule has 1 saturated heterocycles. The quantitative estimate of drug-likeness (QED) is 0.245. The normalized spacial score (nSPS) is 22.1. The molecule has 1 N–H and O–H groups in total. The van der Waals surface area contributed by atoms with Crippen LogP contribution < -0.4 is 14.8 Å². The van der Waals surface area contributed by atoms with Crippen molar-refractivity contribution >= 4 is 17.8 Å². The molecule has 0 bridgehead atoms. The lowest BCUT2D eigenvalue weighted by Crippen LogP contribution is -2.45. The number of nitrogens with zero attached hydrogens (tertiary/aromatic N) is 1. The van der Waals surface area contributed by atoms with Crippen molar-refractivity contribution in [2.45, 2.75) is 77.5 Å². The molecule has 11 heteroatoms. The number of methoxy groups -OCH3 is 1. The molecule has 4 atom stereocenters. The van der Waals surface area contributed by atoms with Crippen LogP contribution in [0.1, 0.15) is 67.6 Å². The van der Waals surface area contributed by atoms with Crippen LogP contribution in [0.3, 0.4) is 0 Å². The average molecular weight is 613 g/mol. The zero-order valence-electron chi connectivity index (χ0n) is 26.0. The Kier molecular flexibility index (Phi) is 12.4. The van der Waals surface area contributed by atoms with E-state index in [9.17, 15) is 14.4 Å². The molecule has 11 nitrogen and oxygen atoms in total. The minimum atomic E-state index is -0.906. The Morgan fingerprint density at radius 3 is 2.57 bits per heavy atom. The number of pyridine rings is 1. The Balaban J connectivity index is 1.46. The van der Waals surface area contributed by atoms with Crippen LogP contribution in [-0.2, 0) is 35.0 Å². The maximum atomic E-state index is 13.5. The highest BCUT2D eigenvalue weighted by atomic mass is 16.7. The molecule has 1 aliphatic heterocycles. The van der Waals surface area contributed by atoms with Crippen molar-refractivity contribution in [2.75, 3.05) is 33.7 Å². The molecular formula is C33H44N2O9. The zero-order valence-corrected chi connectivity index (χ0v) is 26.0. The fourth-order valence-electron chi connectivity index (χ4n) is 5.26. The van der Waals surface area contributed by atoms with Crippen molar-refractivity contribution in [1.29, 1.82) is 0 Å². The Morgan fingerprint density at radius 1 is 1.09 bits per heavy atom. The summed E-state index contributed by atoms with van der Waals surface area (Å²) in [6.07, 6.45) is 5.62. The van der Waals surface area contributed by atoms with Crippen molar-refractivity contribution in [1.82, 2.24) is 10.3 Å². The van der Waals surface area contributed by atoms with Gasteiger partial charge in [-0.15, -0.1) is 0 Å². The van der Waals surface area contributed by atoms with Crippen LogP contribution in [0.15, 0.2) is 36.5 Å². The van der Waals surface area contributed by atoms with Gasteiger partial charge in [0.05, 0.1) is 13.2 Å². The number of carbonyl (C=O) groups is 3. The number of ether oxygens (including phenoxy) is 6. The van der Waals surface area contributed by atoms with E-state index in [4.69, 9.17) is 28.4 Å². The van der Waals surface area contributed by atoms with Crippen LogP contribution in [0.25, 0.3) is 0 Å². The molecule has 1 aromatic heterocycles. The molecule has 1 saturated carbocycles. The number of hydrogen-bond donors (Lipinski definition) is 1. The molecule has 240 valence electrons. The zero-order chi connectivity index (χ0) is 31.5. The maximum absolute atomic E-state index is 13.5. The van der Waals surface area contributed by atoms with Crippen LogP contribution in [0.2, 0.25) is 0 Å². The number of cyclic esters (lactones) is 1. The predicted octanol–water partition coefficient (Wildman–Crippen LogP) is 4.18. The summed E-state index contributed by atoms with van der Waals surface area (Å²) >= 11 is 0. The molecule has 0 radical (unpaired) electrons. The first-order valence-electron chi connectivity index (χ1n) is 15.4. The van der Waals surface area contributed by atoms with E-state index in [1.807, 2.05) is 6.92 Å². The fourth-order valence-corrected chi connectivity index (χ4v) is 5.26. The third kappa shape index (κ3) is 9.65. The van der Waals surface area contributed by atoms with Gasteiger partial charge in [-0.25, -0.2) is 14.6 Å². The molecule has 2 fully saturated rings. The second-order valence-corrected chi connectivity index (χ2v) is 11.4. The standard InChI is InChI=1S/C33H44N2O9/c1-5-40-19-28(36)42-20-43-31-27(39-4)15-16-34-29(31)32(37)35-26-8-6-7-25(17-23-11-9-21(2)10-12-23)30(22(3)44-33(26)38)41-18-24-13-14-24/h9-12,15-16,22,24-26,30H,5-8,13-14,17-20H2,1-4H3,(H,35,37)/t22-,25+,26?,30-/m0/s1. The summed E-state index contributed by atoms with van der Waals surface area (Å²) in [4.78, 5) is 42.8. The summed E-state index contributed by atoms with van der Waals surface area (Å²) in [6.45, 7) is 6.00. The molecular weight excluding hydrogens is 568 g/mol. The van der Waals surface area contributed by atoms with Crippen molar-refractivity contribution in [2.24, 2.45) is 11.8 Å². The number of esters is 2. The highest BCUT2D eigenvalue weighted by molar-refractivity contribution is 5.98. The van der Waals surface area contributed by atoms with Gasteiger partial charge in [-0.2, -0.15) is 0 Å². The Morgan fingerprint density at radius 2 is 1.86 bits per heavy atom. The van der Waals surface area contributed by atoms with Gasteiger partial charge in [0.1, 0.15) is 18.8 Å². The van der Waals surface area contributed by atoms with E-state index in [1.54, 1.807) is 6.92 Å². The minimum Gasteiger partial charge on any atom is -0.493 e. The first-order chi connectivity index (χ1) is 21.3. The van der Waals surface area contributed by atoms with Crippen molar-refractivity contribution in [3.8, 4) is 11.5 Å². The van der Waals surface area contributed by atoms with Gasteiger partial charge in [0.15, 0.2) is 17.2 Å². The van der Waals surface area contributed by atoms with Gasteiger partial charge in [0.25, 0.3) is 5.91 Å². The summed E-state index contributed by atoms with van der Waals surface area (Å²) in [5, 5.41) is 2.79. The van der Waals surface area contributed by atoms with Gasteiger partial charge in [-0.1, -0.05) is 36.2 Å². The Labute approximate surface area is 258 Å². The first-order valence-corrected chi connectivity index (χ1v) is 15.4. The highest BCUT2D eigenvalue weighted by Gasteiger charge is 2.36. The van der Waals surface area contributed by atoms with Crippen LogP contribution in [0, 0.1) is 18.8 Å². The van der Waals surface area contributed by atoms with E-state index < -0.39 is 36.8 Å². The lowest BCUT2D eigenvalue weighted by Gasteiger charge is -2.31. The van der Waals surface area contributed by atoms with Crippen molar-refractivity contribution in [3.63, 3.8) is 0 Å². The van der Waals surface area contributed by atoms with Crippen molar-refractivity contribution < 1.29 is 42.8 Å². The van der Waals surface area contributed by atoms with Gasteiger partial charge in [-0.05, 0) is 70.3 Å². The number of rotatable bonds is 14. The van der Waals surface area contributed by atoms with Crippen molar-refractivity contribution in [3.05, 3.63) is 53.3 Å². The number of nitrogens with one attached hydrogen (secondary N) is 1. The highest BCUT2D eigenvalue weighted by Crippen LogP contribution is 2.33. The summed E-state index contributed by atoms with van der Waals surface area (Å²) in [7, 11) is 1.41. The number of aryl methyl sites for hydroxylation is 1. The molecule has 2 heterocycles. The lowest BCUT2D eigenvalue weighted by molar-refractivity contribution is -0.161. The van der Waals surface area contributed by atoms with Gasteiger partial charge in [-0.3, -0.25) is 4.79 Å². The Bertz CT molecular complexity index is 1250. The van der Waals surface area contributed by atoms with E-state index in [1.165, 1.54) is 30.5 Å². The van der Waals surface area contributed by atoms with E-state index >= 15 is 0 Å². The summed E-state index contributed by atoms with van der Waals surface area (Å²) in [5.74, 6) is -0.900. The van der Waals surface area contributed by atoms with Gasteiger partial charge >= 0.3 is 11.9 Å². The second-order valence-electron chi connectivity index (χ2n) is 11.4.